The van der Waals surface area contributed by atoms with E-state index in [-0.39, 0.29) is 0 Å². The number of rotatable bonds is 4. The largest absolute Gasteiger partial charge is 0.472 e. The van der Waals surface area contributed by atoms with Crippen LogP contribution in [0.1, 0.15) is 21.5 Å². The van der Waals surface area contributed by atoms with Gasteiger partial charge in [-0.05, 0) is 35.4 Å². The summed E-state index contributed by atoms with van der Waals surface area (Å²) in [5, 5.41) is 0. The molecule has 0 aliphatic carbocycles. The summed E-state index contributed by atoms with van der Waals surface area (Å²) >= 11 is 0. The highest BCUT2D eigenvalue weighted by Crippen LogP contribution is 2.22. The Morgan fingerprint density at radius 2 is 1.92 bits per heavy atom. The number of H-pyrrole nitrogens is 1. The number of carbonyl (C=O) groups is 1. The number of fused-ring (bicyclic) bond motifs is 1. The maximum absolute atomic E-state index is 11.3. The second kappa shape index (κ2) is 5.70. The van der Waals surface area contributed by atoms with Crippen molar-refractivity contribution in [2.75, 3.05) is 0 Å². The maximum Gasteiger partial charge on any atom is 0.248 e. The molecular formula is C19H15N3O2. The van der Waals surface area contributed by atoms with Gasteiger partial charge in [0.05, 0.1) is 23.6 Å². The molecule has 0 saturated heterocycles. The number of hydrogen-bond donors (Lipinski definition) is 2. The molecule has 118 valence electrons. The van der Waals surface area contributed by atoms with Gasteiger partial charge < -0.3 is 15.1 Å². The van der Waals surface area contributed by atoms with E-state index in [1.165, 1.54) is 5.56 Å². The van der Waals surface area contributed by atoms with Gasteiger partial charge in [-0.25, -0.2) is 4.98 Å². The third kappa shape index (κ3) is 2.67. The van der Waals surface area contributed by atoms with E-state index in [1.807, 2.05) is 24.3 Å². The molecule has 0 atom stereocenters. The number of benzene rings is 2. The van der Waals surface area contributed by atoms with E-state index in [9.17, 15) is 4.79 Å². The van der Waals surface area contributed by atoms with Crippen molar-refractivity contribution < 1.29 is 9.21 Å². The standard InChI is InChI=1S/C19H15N3O2/c20-18(23)15-5-6-16-17(10-15)22-19(21-16)14-3-1-12(2-4-14)9-13-7-8-24-11-13/h1-8,10-11H,9H2,(H2,20,23)(H,21,22). The summed E-state index contributed by atoms with van der Waals surface area (Å²) in [6, 6.07) is 15.4. The van der Waals surface area contributed by atoms with Crippen LogP contribution >= 0.6 is 0 Å². The number of aromatic amines is 1. The van der Waals surface area contributed by atoms with Crippen LogP contribution in [0.5, 0.6) is 0 Å². The molecule has 4 rings (SSSR count). The Hall–Kier alpha value is -3.34. The molecule has 4 aromatic rings. The van der Waals surface area contributed by atoms with Crippen molar-refractivity contribution in [3.8, 4) is 11.4 Å². The Morgan fingerprint density at radius 1 is 1.08 bits per heavy atom. The normalized spacial score (nSPS) is 11.0. The molecule has 5 nitrogen and oxygen atoms in total. The average Bonchev–Trinajstić information content (AvgIpc) is 3.23. The lowest BCUT2D eigenvalue weighted by atomic mass is 10.1. The lowest BCUT2D eigenvalue weighted by Gasteiger charge is -2.01. The van der Waals surface area contributed by atoms with Gasteiger partial charge in [0.1, 0.15) is 5.82 Å². The van der Waals surface area contributed by atoms with Gasteiger partial charge >= 0.3 is 0 Å². The summed E-state index contributed by atoms with van der Waals surface area (Å²) in [7, 11) is 0. The van der Waals surface area contributed by atoms with Crippen molar-refractivity contribution in [1.29, 1.82) is 0 Å². The number of carbonyl (C=O) groups excluding carboxylic acids is 1. The third-order valence-electron chi connectivity index (χ3n) is 3.98. The van der Waals surface area contributed by atoms with Gasteiger partial charge in [-0.2, -0.15) is 0 Å². The van der Waals surface area contributed by atoms with E-state index in [4.69, 9.17) is 10.2 Å². The predicted octanol–water partition coefficient (Wildman–Crippen LogP) is 3.51. The Kier molecular flexibility index (Phi) is 3.39. The maximum atomic E-state index is 11.3. The van der Waals surface area contributed by atoms with Crippen molar-refractivity contribution in [3.63, 3.8) is 0 Å². The summed E-state index contributed by atoms with van der Waals surface area (Å²) in [6.07, 6.45) is 4.26. The van der Waals surface area contributed by atoms with E-state index in [0.29, 0.717) is 5.56 Å². The number of aromatic nitrogens is 2. The minimum atomic E-state index is -0.454. The molecule has 0 saturated carbocycles. The smallest absolute Gasteiger partial charge is 0.248 e. The summed E-state index contributed by atoms with van der Waals surface area (Å²) in [4.78, 5) is 19.1. The molecule has 1 amide bonds. The molecular weight excluding hydrogens is 302 g/mol. The van der Waals surface area contributed by atoms with Crippen LogP contribution in [0.15, 0.2) is 65.5 Å². The molecule has 2 aromatic carbocycles. The van der Waals surface area contributed by atoms with E-state index in [2.05, 4.69) is 22.1 Å². The van der Waals surface area contributed by atoms with Gasteiger partial charge in [0.2, 0.25) is 5.91 Å². The highest BCUT2D eigenvalue weighted by atomic mass is 16.3. The fourth-order valence-corrected chi connectivity index (χ4v) is 2.71. The van der Waals surface area contributed by atoms with Crippen LogP contribution in [0.4, 0.5) is 0 Å². The summed E-state index contributed by atoms with van der Waals surface area (Å²) in [6.45, 7) is 0. The number of furan rings is 1. The van der Waals surface area contributed by atoms with Crippen molar-refractivity contribution in [2.24, 2.45) is 5.73 Å². The fourth-order valence-electron chi connectivity index (χ4n) is 2.71. The summed E-state index contributed by atoms with van der Waals surface area (Å²) < 4.78 is 5.09. The molecule has 0 spiro atoms. The van der Waals surface area contributed by atoms with Gasteiger partial charge in [-0.15, -0.1) is 0 Å². The van der Waals surface area contributed by atoms with E-state index in [1.54, 1.807) is 24.7 Å². The number of nitrogens with two attached hydrogens (primary N) is 1. The Balaban J connectivity index is 1.63. The van der Waals surface area contributed by atoms with Gasteiger partial charge in [0, 0.05) is 17.5 Å². The number of nitrogens with one attached hydrogen (secondary N) is 1. The lowest BCUT2D eigenvalue weighted by molar-refractivity contribution is 0.100. The fraction of sp³-hybridized carbons (Fsp3) is 0.0526. The highest BCUT2D eigenvalue weighted by molar-refractivity contribution is 5.96. The number of primary amides is 1. The molecule has 0 bridgehead atoms. The molecule has 0 aliphatic rings. The Labute approximate surface area is 138 Å². The number of hydrogen-bond acceptors (Lipinski definition) is 3. The SMILES string of the molecule is NC(=O)c1ccc2[nH]c(-c3ccc(Cc4ccoc4)cc3)nc2c1. The first-order valence-electron chi connectivity index (χ1n) is 7.59. The van der Waals surface area contributed by atoms with Crippen LogP contribution in [-0.4, -0.2) is 15.9 Å². The monoisotopic (exact) mass is 317 g/mol. The first-order chi connectivity index (χ1) is 11.7. The molecule has 24 heavy (non-hydrogen) atoms. The van der Waals surface area contributed by atoms with Crippen LogP contribution in [0.2, 0.25) is 0 Å². The molecule has 3 N–H and O–H groups in total. The zero-order valence-corrected chi connectivity index (χ0v) is 12.8. The highest BCUT2D eigenvalue weighted by Gasteiger charge is 2.08. The second-order valence-electron chi connectivity index (χ2n) is 5.69. The molecule has 2 heterocycles. The van der Waals surface area contributed by atoms with Crippen LogP contribution in [0.3, 0.4) is 0 Å². The van der Waals surface area contributed by atoms with Gasteiger partial charge in [-0.3, -0.25) is 4.79 Å². The quantitative estimate of drug-likeness (QED) is 0.604. The minimum absolute atomic E-state index is 0.454. The topological polar surface area (TPSA) is 84.9 Å². The third-order valence-corrected chi connectivity index (χ3v) is 3.98. The molecule has 0 fully saturated rings. The van der Waals surface area contributed by atoms with Crippen molar-refractivity contribution in [1.82, 2.24) is 9.97 Å². The van der Waals surface area contributed by atoms with E-state index < -0.39 is 5.91 Å². The Morgan fingerprint density at radius 3 is 2.62 bits per heavy atom. The zero-order chi connectivity index (χ0) is 16.5. The number of nitrogens with zero attached hydrogens (tertiary/aromatic N) is 1. The van der Waals surface area contributed by atoms with Crippen molar-refractivity contribution in [3.05, 3.63) is 77.7 Å². The second-order valence-corrected chi connectivity index (χ2v) is 5.69. The zero-order valence-electron chi connectivity index (χ0n) is 12.8. The first kappa shape index (κ1) is 14.3. The number of amides is 1. The molecule has 0 aliphatic heterocycles. The Bertz CT molecular complexity index is 999. The van der Waals surface area contributed by atoms with Gasteiger partial charge in [0.15, 0.2) is 0 Å². The first-order valence-corrected chi connectivity index (χ1v) is 7.59. The predicted molar refractivity (Wildman–Crippen MR) is 91.6 cm³/mol. The molecule has 0 radical (unpaired) electrons. The number of imidazole rings is 1. The van der Waals surface area contributed by atoms with Gasteiger partial charge in [-0.1, -0.05) is 24.3 Å². The van der Waals surface area contributed by atoms with Crippen LogP contribution in [-0.2, 0) is 6.42 Å². The van der Waals surface area contributed by atoms with Gasteiger partial charge in [0.25, 0.3) is 0 Å². The molecule has 5 heteroatoms. The molecule has 2 aromatic heterocycles. The summed E-state index contributed by atoms with van der Waals surface area (Å²) in [5.74, 6) is 0.312. The van der Waals surface area contributed by atoms with Crippen LogP contribution in [0.25, 0.3) is 22.4 Å². The van der Waals surface area contributed by atoms with Crippen LogP contribution < -0.4 is 5.73 Å². The van der Waals surface area contributed by atoms with E-state index >= 15 is 0 Å². The van der Waals surface area contributed by atoms with E-state index in [0.717, 1.165) is 34.4 Å². The summed E-state index contributed by atoms with van der Waals surface area (Å²) in [5.41, 5.74) is 10.7. The minimum Gasteiger partial charge on any atom is -0.472 e. The van der Waals surface area contributed by atoms with Crippen molar-refractivity contribution in [2.45, 2.75) is 6.42 Å². The average molecular weight is 317 g/mol. The van der Waals surface area contributed by atoms with Crippen LogP contribution in [0, 0.1) is 0 Å². The lowest BCUT2D eigenvalue weighted by Crippen LogP contribution is -2.10. The van der Waals surface area contributed by atoms with Crippen molar-refractivity contribution >= 4 is 16.9 Å². The molecule has 0 unspecified atom stereocenters.